The van der Waals surface area contributed by atoms with Crippen molar-refractivity contribution in [3.05, 3.63) is 70.2 Å². The number of benzene rings is 2. The molecular formula is C21H19ClN2O5. The number of rotatable bonds is 6. The number of hydrogen-bond donors (Lipinski definition) is 1. The third-order valence-corrected chi connectivity index (χ3v) is 4.87. The van der Waals surface area contributed by atoms with Gasteiger partial charge in [-0.2, -0.15) is 0 Å². The van der Waals surface area contributed by atoms with Crippen LogP contribution in [0.15, 0.2) is 48.5 Å². The molecule has 0 unspecified atom stereocenters. The Labute approximate surface area is 172 Å². The number of carbonyl (C=O) groups excluding carboxylic acids is 4. The van der Waals surface area contributed by atoms with E-state index in [9.17, 15) is 19.2 Å². The molecular weight excluding hydrogens is 396 g/mol. The van der Waals surface area contributed by atoms with Crippen molar-refractivity contribution in [1.82, 2.24) is 10.2 Å². The van der Waals surface area contributed by atoms with Crippen molar-refractivity contribution in [3.8, 4) is 0 Å². The van der Waals surface area contributed by atoms with Crippen LogP contribution in [-0.4, -0.2) is 41.4 Å². The Kier molecular flexibility index (Phi) is 5.98. The van der Waals surface area contributed by atoms with Gasteiger partial charge in [0.2, 0.25) is 0 Å². The van der Waals surface area contributed by atoms with Crippen molar-refractivity contribution in [1.29, 1.82) is 0 Å². The minimum absolute atomic E-state index is 0.230. The summed E-state index contributed by atoms with van der Waals surface area (Å²) in [5, 5.41) is 2.86. The maximum atomic E-state index is 12.6. The highest BCUT2D eigenvalue weighted by molar-refractivity contribution is 6.33. The maximum absolute atomic E-state index is 12.6. The number of esters is 1. The number of ether oxygens (including phenoxy) is 1. The minimum atomic E-state index is -0.978. The van der Waals surface area contributed by atoms with Crippen molar-refractivity contribution < 1.29 is 23.9 Å². The van der Waals surface area contributed by atoms with Crippen molar-refractivity contribution in [2.45, 2.75) is 19.9 Å². The summed E-state index contributed by atoms with van der Waals surface area (Å²) in [5.41, 5.74) is 0.759. The van der Waals surface area contributed by atoms with Crippen molar-refractivity contribution in [3.63, 3.8) is 0 Å². The van der Waals surface area contributed by atoms with E-state index in [1.807, 2.05) is 0 Å². The third-order valence-electron chi connectivity index (χ3n) is 4.54. The van der Waals surface area contributed by atoms with E-state index in [0.717, 1.165) is 4.90 Å². The highest BCUT2D eigenvalue weighted by Crippen LogP contribution is 2.22. The van der Waals surface area contributed by atoms with E-state index in [4.69, 9.17) is 16.3 Å². The van der Waals surface area contributed by atoms with Crippen LogP contribution in [-0.2, 0) is 9.53 Å². The second-order valence-electron chi connectivity index (χ2n) is 6.85. The summed E-state index contributed by atoms with van der Waals surface area (Å²) in [4.78, 5) is 50.6. The molecule has 29 heavy (non-hydrogen) atoms. The summed E-state index contributed by atoms with van der Waals surface area (Å²) >= 11 is 6.03. The first-order chi connectivity index (χ1) is 13.8. The highest BCUT2D eigenvalue weighted by atomic mass is 35.5. The molecule has 1 heterocycles. The molecule has 8 heteroatoms. The van der Waals surface area contributed by atoms with E-state index in [-0.39, 0.29) is 27.6 Å². The van der Waals surface area contributed by atoms with Crippen LogP contribution in [0.2, 0.25) is 5.02 Å². The topological polar surface area (TPSA) is 92.8 Å². The Bertz CT molecular complexity index is 954. The van der Waals surface area contributed by atoms with Gasteiger partial charge in [0.25, 0.3) is 17.7 Å². The first kappa shape index (κ1) is 20.5. The zero-order valence-corrected chi connectivity index (χ0v) is 16.6. The number of nitrogens with one attached hydrogen (secondary N) is 1. The molecule has 2 aromatic rings. The zero-order valence-electron chi connectivity index (χ0n) is 15.8. The van der Waals surface area contributed by atoms with Gasteiger partial charge in [-0.15, -0.1) is 0 Å². The van der Waals surface area contributed by atoms with Gasteiger partial charge in [-0.25, -0.2) is 9.69 Å². The number of hydrogen-bond acceptors (Lipinski definition) is 5. The van der Waals surface area contributed by atoms with Crippen LogP contribution in [0.1, 0.15) is 44.9 Å². The van der Waals surface area contributed by atoms with Crippen LogP contribution in [0.4, 0.5) is 0 Å². The number of nitrogens with zero attached hydrogens (tertiary/aromatic N) is 1. The van der Waals surface area contributed by atoms with Crippen LogP contribution in [0.3, 0.4) is 0 Å². The predicted molar refractivity (Wildman–Crippen MR) is 105 cm³/mol. The minimum Gasteiger partial charge on any atom is -0.442 e. The number of amides is 3. The number of fused-ring (bicyclic) bond motifs is 1. The van der Waals surface area contributed by atoms with E-state index >= 15 is 0 Å². The van der Waals surface area contributed by atoms with E-state index < -0.39 is 36.5 Å². The van der Waals surface area contributed by atoms with E-state index in [2.05, 4.69) is 5.32 Å². The summed E-state index contributed by atoms with van der Waals surface area (Å²) < 4.78 is 5.19. The van der Waals surface area contributed by atoms with Crippen LogP contribution in [0, 0.1) is 5.92 Å². The van der Waals surface area contributed by atoms with Gasteiger partial charge >= 0.3 is 5.97 Å². The zero-order chi connectivity index (χ0) is 21.1. The Balaban J connectivity index is 1.67. The molecule has 0 aliphatic carbocycles. The normalized spacial score (nSPS) is 14.0. The Hall–Kier alpha value is -3.19. The lowest BCUT2D eigenvalue weighted by Crippen LogP contribution is -2.46. The van der Waals surface area contributed by atoms with Crippen molar-refractivity contribution >= 4 is 35.3 Å². The summed E-state index contributed by atoms with van der Waals surface area (Å²) in [6.07, 6.45) is 0. The molecule has 1 aliphatic rings. The van der Waals surface area contributed by atoms with Gasteiger partial charge in [0.05, 0.1) is 21.7 Å². The van der Waals surface area contributed by atoms with Crippen LogP contribution in [0.5, 0.6) is 0 Å². The van der Waals surface area contributed by atoms with Gasteiger partial charge in [0.1, 0.15) is 6.04 Å². The van der Waals surface area contributed by atoms with Gasteiger partial charge in [0.15, 0.2) is 6.73 Å². The van der Waals surface area contributed by atoms with Gasteiger partial charge in [-0.3, -0.25) is 14.4 Å². The molecule has 2 aromatic carbocycles. The highest BCUT2D eigenvalue weighted by Gasteiger charge is 2.36. The quantitative estimate of drug-likeness (QED) is 0.579. The average molecular weight is 415 g/mol. The molecule has 1 aliphatic heterocycles. The van der Waals surface area contributed by atoms with E-state index in [1.165, 1.54) is 12.1 Å². The molecule has 0 spiro atoms. The third kappa shape index (κ3) is 4.14. The number of carbonyl (C=O) groups is 4. The molecule has 7 nitrogen and oxygen atoms in total. The lowest BCUT2D eigenvalue weighted by atomic mass is 10.0. The van der Waals surface area contributed by atoms with E-state index in [1.54, 1.807) is 50.2 Å². The molecule has 150 valence electrons. The fourth-order valence-corrected chi connectivity index (χ4v) is 3.16. The average Bonchev–Trinajstić information content (AvgIpc) is 2.94. The maximum Gasteiger partial charge on any atom is 0.330 e. The lowest BCUT2D eigenvalue weighted by Gasteiger charge is -2.22. The van der Waals surface area contributed by atoms with Gasteiger partial charge in [-0.05, 0) is 30.2 Å². The molecule has 1 atom stereocenters. The fourth-order valence-electron chi connectivity index (χ4n) is 2.94. The Morgan fingerprint density at radius 2 is 1.55 bits per heavy atom. The Morgan fingerprint density at radius 3 is 2.10 bits per heavy atom. The summed E-state index contributed by atoms with van der Waals surface area (Å²) in [7, 11) is 0. The van der Waals surface area contributed by atoms with Crippen LogP contribution in [0.25, 0.3) is 0 Å². The number of imide groups is 1. The van der Waals surface area contributed by atoms with Crippen LogP contribution < -0.4 is 5.32 Å². The monoisotopic (exact) mass is 414 g/mol. The predicted octanol–water partition coefficient (Wildman–Crippen LogP) is 2.89. The Morgan fingerprint density at radius 1 is 1.00 bits per heavy atom. The standard InChI is InChI=1S/C21H19ClN2O5/c1-12(2)17(23-18(25)15-9-5-6-10-16(15)22)21(28)29-11-24-19(26)13-7-3-4-8-14(13)20(24)27/h3-10,12,17H,11H2,1-2H3,(H,23,25)/t17-/m1/s1. The first-order valence-electron chi connectivity index (χ1n) is 8.98. The molecule has 0 bridgehead atoms. The van der Waals surface area contributed by atoms with Gasteiger partial charge in [0, 0.05) is 0 Å². The van der Waals surface area contributed by atoms with E-state index in [0.29, 0.717) is 0 Å². The number of halogens is 1. The molecule has 1 N–H and O–H groups in total. The smallest absolute Gasteiger partial charge is 0.330 e. The second kappa shape index (κ2) is 8.45. The largest absolute Gasteiger partial charge is 0.442 e. The SMILES string of the molecule is CC(C)[C@@H](NC(=O)c1ccccc1Cl)C(=O)OCN1C(=O)c2ccccc2C1=O. The van der Waals surface area contributed by atoms with Crippen molar-refractivity contribution in [2.24, 2.45) is 5.92 Å². The van der Waals surface area contributed by atoms with Gasteiger partial charge < -0.3 is 10.1 Å². The molecule has 0 radical (unpaired) electrons. The molecule has 0 aromatic heterocycles. The summed E-state index contributed by atoms with van der Waals surface area (Å²) in [6, 6.07) is 11.9. The van der Waals surface area contributed by atoms with Gasteiger partial charge in [-0.1, -0.05) is 49.7 Å². The fraction of sp³-hybridized carbons (Fsp3) is 0.238. The molecule has 0 fully saturated rings. The first-order valence-corrected chi connectivity index (χ1v) is 9.36. The lowest BCUT2D eigenvalue weighted by molar-refractivity contribution is -0.149. The second-order valence-corrected chi connectivity index (χ2v) is 7.26. The summed E-state index contributed by atoms with van der Waals surface area (Å²) in [6.45, 7) is 2.94. The molecule has 0 saturated heterocycles. The molecule has 3 amide bonds. The molecule has 3 rings (SSSR count). The molecule has 0 saturated carbocycles. The summed E-state index contributed by atoms with van der Waals surface area (Å²) in [5.74, 6) is -2.63. The van der Waals surface area contributed by atoms with Crippen LogP contribution >= 0.6 is 11.6 Å². The van der Waals surface area contributed by atoms with Crippen molar-refractivity contribution in [2.75, 3.05) is 6.73 Å².